The van der Waals surface area contributed by atoms with E-state index in [-0.39, 0.29) is 5.92 Å². The monoisotopic (exact) mass is 96.0 g/mol. The van der Waals surface area contributed by atoms with Gasteiger partial charge in [0.05, 0.1) is 25.2 Å². The van der Waals surface area contributed by atoms with Crippen LogP contribution in [-0.2, 0) is 4.74 Å². The summed E-state index contributed by atoms with van der Waals surface area (Å²) in [6.45, 7) is 1.24. The molecular weight excluding hydrogens is 90.1 g/mol. The van der Waals surface area contributed by atoms with Crippen LogP contribution in [-0.4, -0.2) is 13.2 Å². The maximum absolute atomic E-state index is 8.20. The molecule has 2 heteroatoms. The third-order valence-electron chi connectivity index (χ3n) is 0.962. The van der Waals surface area contributed by atoms with Gasteiger partial charge in [0.25, 0.3) is 0 Å². The number of hydrogen-bond donors (Lipinski definition) is 0. The Labute approximate surface area is 42.7 Å². The fraction of sp³-hybridized carbons (Fsp3) is 0.600. The van der Waals surface area contributed by atoms with E-state index in [1.807, 2.05) is 6.42 Å². The fourth-order valence-electron chi connectivity index (χ4n) is 0.537. The Morgan fingerprint density at radius 3 is 3.00 bits per heavy atom. The smallest absolute Gasteiger partial charge is 0.0751 e. The van der Waals surface area contributed by atoms with Crippen LogP contribution < -0.4 is 0 Å². The van der Waals surface area contributed by atoms with Crippen molar-refractivity contribution in [3.8, 4) is 6.07 Å². The molecule has 0 spiro atoms. The van der Waals surface area contributed by atoms with Crippen molar-refractivity contribution < 1.29 is 4.74 Å². The van der Waals surface area contributed by atoms with Crippen molar-refractivity contribution in [2.75, 3.05) is 13.2 Å². The van der Waals surface area contributed by atoms with Gasteiger partial charge in [0.1, 0.15) is 0 Å². The highest BCUT2D eigenvalue weighted by Gasteiger charge is 2.13. The van der Waals surface area contributed by atoms with Gasteiger partial charge in [-0.15, -0.1) is 0 Å². The van der Waals surface area contributed by atoms with E-state index in [0.717, 1.165) is 0 Å². The lowest BCUT2D eigenvalue weighted by Gasteiger charge is -1.85. The molecule has 1 saturated heterocycles. The second-order valence-electron chi connectivity index (χ2n) is 1.51. The van der Waals surface area contributed by atoms with E-state index in [1.54, 1.807) is 0 Å². The average molecular weight is 96.1 g/mol. The van der Waals surface area contributed by atoms with E-state index in [4.69, 9.17) is 10.00 Å². The van der Waals surface area contributed by atoms with Gasteiger partial charge < -0.3 is 4.74 Å². The van der Waals surface area contributed by atoms with Gasteiger partial charge in [0.15, 0.2) is 0 Å². The first-order valence-corrected chi connectivity index (χ1v) is 2.24. The molecule has 0 amide bonds. The second-order valence-corrected chi connectivity index (χ2v) is 1.51. The molecule has 0 aliphatic carbocycles. The van der Waals surface area contributed by atoms with Crippen molar-refractivity contribution in [3.05, 3.63) is 6.42 Å². The Balaban J connectivity index is 2.31. The molecule has 0 bridgehead atoms. The Kier molecular flexibility index (Phi) is 1.28. The summed E-state index contributed by atoms with van der Waals surface area (Å²) < 4.78 is 4.87. The molecule has 1 radical (unpaired) electrons. The van der Waals surface area contributed by atoms with Crippen LogP contribution in [0.5, 0.6) is 0 Å². The average Bonchev–Trinajstić information content (AvgIpc) is 2.14. The minimum Gasteiger partial charge on any atom is -0.380 e. The molecule has 37 valence electrons. The first-order valence-electron chi connectivity index (χ1n) is 2.24. The molecule has 0 N–H and O–H groups in total. The summed E-state index contributed by atoms with van der Waals surface area (Å²) in [5.74, 6) is 0.0556. The molecule has 0 aromatic carbocycles. The summed E-state index contributed by atoms with van der Waals surface area (Å²) in [6.07, 6.45) is 1.88. The lowest BCUT2D eigenvalue weighted by molar-refractivity contribution is 0.196. The lowest BCUT2D eigenvalue weighted by atomic mass is 10.2. The van der Waals surface area contributed by atoms with Crippen molar-refractivity contribution in [1.29, 1.82) is 5.26 Å². The molecule has 0 aromatic rings. The van der Waals surface area contributed by atoms with E-state index in [9.17, 15) is 0 Å². The zero-order chi connectivity index (χ0) is 5.11. The van der Waals surface area contributed by atoms with E-state index >= 15 is 0 Å². The van der Waals surface area contributed by atoms with Crippen LogP contribution in [0.1, 0.15) is 0 Å². The van der Waals surface area contributed by atoms with E-state index < -0.39 is 0 Å². The van der Waals surface area contributed by atoms with Gasteiger partial charge in [-0.05, 0) is 0 Å². The molecule has 0 aromatic heterocycles. The zero-order valence-corrected chi connectivity index (χ0v) is 3.92. The Hall–Kier alpha value is -0.550. The summed E-state index contributed by atoms with van der Waals surface area (Å²) in [5, 5.41) is 8.20. The normalized spacial score (nSPS) is 29.9. The van der Waals surface area contributed by atoms with Crippen LogP contribution in [0, 0.1) is 23.7 Å². The Morgan fingerprint density at radius 2 is 2.71 bits per heavy atom. The molecule has 7 heavy (non-hydrogen) atoms. The van der Waals surface area contributed by atoms with Crippen molar-refractivity contribution in [1.82, 2.24) is 0 Å². The van der Waals surface area contributed by atoms with Crippen LogP contribution in [0.15, 0.2) is 0 Å². The topological polar surface area (TPSA) is 33.0 Å². The van der Waals surface area contributed by atoms with Gasteiger partial charge in [-0.25, -0.2) is 0 Å². The minimum atomic E-state index is 0.0556. The third kappa shape index (κ3) is 0.908. The van der Waals surface area contributed by atoms with Gasteiger partial charge in [-0.3, -0.25) is 0 Å². The largest absolute Gasteiger partial charge is 0.380 e. The third-order valence-corrected chi connectivity index (χ3v) is 0.962. The fourth-order valence-corrected chi connectivity index (χ4v) is 0.537. The SMILES string of the molecule is N#C[C@H]1[CH]COC1. The summed E-state index contributed by atoms with van der Waals surface area (Å²) in [7, 11) is 0. The van der Waals surface area contributed by atoms with Gasteiger partial charge in [0, 0.05) is 6.42 Å². The highest BCUT2D eigenvalue weighted by atomic mass is 16.5. The van der Waals surface area contributed by atoms with E-state index in [2.05, 4.69) is 6.07 Å². The van der Waals surface area contributed by atoms with Gasteiger partial charge >= 0.3 is 0 Å². The van der Waals surface area contributed by atoms with Crippen LogP contribution in [0.4, 0.5) is 0 Å². The number of ether oxygens (including phenoxy) is 1. The number of hydrogen-bond acceptors (Lipinski definition) is 2. The van der Waals surface area contributed by atoms with Crippen molar-refractivity contribution in [3.63, 3.8) is 0 Å². The first-order chi connectivity index (χ1) is 3.43. The Bertz CT molecular complexity index is 88.7. The second kappa shape index (κ2) is 1.94. The molecule has 1 atom stereocenters. The summed E-state index contributed by atoms with van der Waals surface area (Å²) in [6, 6.07) is 2.08. The predicted molar refractivity (Wildman–Crippen MR) is 24.2 cm³/mol. The molecule has 1 rings (SSSR count). The number of rotatable bonds is 0. The van der Waals surface area contributed by atoms with Crippen molar-refractivity contribution in [2.24, 2.45) is 5.92 Å². The highest BCUT2D eigenvalue weighted by Crippen LogP contribution is 2.07. The minimum absolute atomic E-state index is 0.0556. The molecule has 1 heterocycles. The molecule has 2 nitrogen and oxygen atoms in total. The number of nitriles is 1. The molecule has 0 saturated carbocycles. The molecular formula is C5H6NO. The molecule has 1 aliphatic rings. The summed E-state index contributed by atoms with van der Waals surface area (Å²) in [4.78, 5) is 0. The summed E-state index contributed by atoms with van der Waals surface area (Å²) in [5.41, 5.74) is 0. The zero-order valence-electron chi connectivity index (χ0n) is 3.92. The van der Waals surface area contributed by atoms with Crippen LogP contribution in [0.2, 0.25) is 0 Å². The first kappa shape index (κ1) is 4.61. The maximum Gasteiger partial charge on any atom is 0.0751 e. The maximum atomic E-state index is 8.20. The van der Waals surface area contributed by atoms with Gasteiger partial charge in [-0.1, -0.05) is 0 Å². The molecule has 1 fully saturated rings. The van der Waals surface area contributed by atoms with E-state index in [1.165, 1.54) is 0 Å². The lowest BCUT2D eigenvalue weighted by Crippen LogP contribution is -1.92. The molecule has 0 unspecified atom stereocenters. The Morgan fingerprint density at radius 1 is 1.86 bits per heavy atom. The van der Waals surface area contributed by atoms with Crippen LogP contribution in [0.25, 0.3) is 0 Å². The summed E-state index contributed by atoms with van der Waals surface area (Å²) >= 11 is 0. The molecule has 1 aliphatic heterocycles. The van der Waals surface area contributed by atoms with Crippen LogP contribution in [0.3, 0.4) is 0 Å². The quantitative estimate of drug-likeness (QED) is 0.436. The van der Waals surface area contributed by atoms with Gasteiger partial charge in [0.2, 0.25) is 0 Å². The standard InChI is InChI=1S/C5H6NO/c6-3-5-1-2-7-4-5/h1,5H,2,4H2/t5-/m1/s1. The van der Waals surface area contributed by atoms with Gasteiger partial charge in [-0.2, -0.15) is 5.26 Å². The van der Waals surface area contributed by atoms with Crippen molar-refractivity contribution in [2.45, 2.75) is 0 Å². The predicted octanol–water partition coefficient (Wildman–Crippen LogP) is 0.361. The van der Waals surface area contributed by atoms with Crippen LogP contribution >= 0.6 is 0 Å². The van der Waals surface area contributed by atoms with E-state index in [0.29, 0.717) is 13.2 Å². The highest BCUT2D eigenvalue weighted by molar-refractivity contribution is 4.96. The van der Waals surface area contributed by atoms with Crippen molar-refractivity contribution >= 4 is 0 Å². The number of nitrogens with zero attached hydrogens (tertiary/aromatic N) is 1.